The topological polar surface area (TPSA) is 100 Å². The molecule has 28 heavy (non-hydrogen) atoms. The van der Waals surface area contributed by atoms with Gasteiger partial charge in [-0.3, -0.25) is 4.79 Å². The van der Waals surface area contributed by atoms with Crippen LogP contribution < -0.4 is 10.1 Å². The number of nitriles is 1. The molecule has 0 fully saturated rings. The maximum Gasteiger partial charge on any atom is 0.246 e. The van der Waals surface area contributed by atoms with Crippen molar-refractivity contribution in [3.63, 3.8) is 0 Å². The van der Waals surface area contributed by atoms with Crippen LogP contribution in [-0.2, 0) is 16.1 Å². The summed E-state index contributed by atoms with van der Waals surface area (Å²) in [4.78, 5) is 19.2. The normalized spacial score (nSPS) is 10.2. The number of para-hydroxylation sites is 1. The number of hydrogen-bond acceptors (Lipinski definition) is 5. The fourth-order valence-electron chi connectivity index (χ4n) is 2.49. The monoisotopic (exact) mass is 376 g/mol. The number of amides is 1. The standard InChI is InChI=1S/C21H20N4O3/c22-12-16-5-4-6-17(11-16)19-13-23-20(25-19)14-24-21(26)15-27-9-10-28-18-7-2-1-3-8-18/h1-8,11,13H,9-10,14-15H2,(H,23,25)(H,24,26). The zero-order valence-electron chi connectivity index (χ0n) is 15.2. The van der Waals surface area contributed by atoms with E-state index in [2.05, 4.69) is 21.4 Å². The van der Waals surface area contributed by atoms with E-state index in [-0.39, 0.29) is 19.1 Å². The van der Waals surface area contributed by atoms with Crippen LogP contribution in [-0.4, -0.2) is 35.7 Å². The summed E-state index contributed by atoms with van der Waals surface area (Å²) in [5.41, 5.74) is 2.23. The molecular weight excluding hydrogens is 356 g/mol. The number of aromatic amines is 1. The quantitative estimate of drug-likeness (QED) is 0.559. The predicted octanol–water partition coefficient (Wildman–Crippen LogP) is 2.66. The van der Waals surface area contributed by atoms with Crippen LogP contribution in [0.15, 0.2) is 60.8 Å². The van der Waals surface area contributed by atoms with E-state index in [1.807, 2.05) is 42.5 Å². The molecule has 2 N–H and O–H groups in total. The van der Waals surface area contributed by atoms with Gasteiger partial charge in [0.15, 0.2) is 0 Å². The second kappa shape index (κ2) is 9.90. The number of rotatable bonds is 9. The molecule has 7 nitrogen and oxygen atoms in total. The van der Waals surface area contributed by atoms with Gasteiger partial charge in [0.05, 0.1) is 36.7 Å². The summed E-state index contributed by atoms with van der Waals surface area (Å²) in [5.74, 6) is 1.16. The molecule has 0 aliphatic rings. The van der Waals surface area contributed by atoms with Gasteiger partial charge in [0.25, 0.3) is 0 Å². The molecule has 0 aliphatic heterocycles. The van der Waals surface area contributed by atoms with Crippen molar-refractivity contribution >= 4 is 5.91 Å². The number of imidazole rings is 1. The maximum absolute atomic E-state index is 11.9. The molecule has 1 heterocycles. The highest BCUT2D eigenvalue weighted by molar-refractivity contribution is 5.77. The summed E-state index contributed by atoms with van der Waals surface area (Å²) in [5, 5.41) is 11.7. The lowest BCUT2D eigenvalue weighted by Crippen LogP contribution is -2.28. The Bertz CT molecular complexity index is 948. The highest BCUT2D eigenvalue weighted by Gasteiger charge is 2.06. The van der Waals surface area contributed by atoms with Crippen LogP contribution in [0.2, 0.25) is 0 Å². The van der Waals surface area contributed by atoms with E-state index < -0.39 is 0 Å². The van der Waals surface area contributed by atoms with Gasteiger partial charge in [-0.05, 0) is 24.3 Å². The Morgan fingerprint density at radius 3 is 2.82 bits per heavy atom. The first-order chi connectivity index (χ1) is 13.7. The van der Waals surface area contributed by atoms with E-state index in [9.17, 15) is 4.79 Å². The second-order valence-corrected chi connectivity index (χ2v) is 5.93. The zero-order valence-corrected chi connectivity index (χ0v) is 15.2. The summed E-state index contributed by atoms with van der Waals surface area (Å²) in [6, 6.07) is 18.8. The molecule has 0 aliphatic carbocycles. The number of hydrogen-bond donors (Lipinski definition) is 2. The lowest BCUT2D eigenvalue weighted by molar-refractivity contribution is -0.126. The van der Waals surface area contributed by atoms with Crippen molar-refractivity contribution in [1.29, 1.82) is 5.26 Å². The molecule has 0 bridgehead atoms. The van der Waals surface area contributed by atoms with Gasteiger partial charge < -0.3 is 19.8 Å². The van der Waals surface area contributed by atoms with Crippen LogP contribution in [0.25, 0.3) is 11.3 Å². The first-order valence-electron chi connectivity index (χ1n) is 8.81. The summed E-state index contributed by atoms with van der Waals surface area (Å²) >= 11 is 0. The predicted molar refractivity (Wildman–Crippen MR) is 103 cm³/mol. The van der Waals surface area contributed by atoms with Gasteiger partial charge in [-0.1, -0.05) is 30.3 Å². The van der Waals surface area contributed by atoms with Crippen molar-refractivity contribution in [2.24, 2.45) is 0 Å². The van der Waals surface area contributed by atoms with Crippen LogP contribution in [0.4, 0.5) is 0 Å². The third-order valence-electron chi connectivity index (χ3n) is 3.86. The fourth-order valence-corrected chi connectivity index (χ4v) is 2.49. The molecule has 1 amide bonds. The molecule has 2 aromatic carbocycles. The minimum absolute atomic E-state index is 0.0457. The van der Waals surface area contributed by atoms with Crippen molar-refractivity contribution in [3.8, 4) is 23.1 Å². The number of benzene rings is 2. The minimum atomic E-state index is -0.232. The molecule has 0 saturated carbocycles. The van der Waals surface area contributed by atoms with E-state index in [4.69, 9.17) is 14.7 Å². The number of nitrogens with zero attached hydrogens (tertiary/aromatic N) is 2. The van der Waals surface area contributed by atoms with Crippen LogP contribution in [0.3, 0.4) is 0 Å². The van der Waals surface area contributed by atoms with E-state index in [1.54, 1.807) is 18.3 Å². The van der Waals surface area contributed by atoms with Gasteiger partial charge in [0.2, 0.25) is 5.91 Å². The number of carbonyl (C=O) groups is 1. The van der Waals surface area contributed by atoms with Gasteiger partial charge >= 0.3 is 0 Å². The fraction of sp³-hybridized carbons (Fsp3) is 0.190. The summed E-state index contributed by atoms with van der Waals surface area (Å²) in [6.07, 6.45) is 1.68. The first-order valence-corrected chi connectivity index (χ1v) is 8.81. The van der Waals surface area contributed by atoms with E-state index in [0.29, 0.717) is 24.6 Å². The summed E-state index contributed by atoms with van der Waals surface area (Å²) in [7, 11) is 0. The van der Waals surface area contributed by atoms with Crippen molar-refractivity contribution in [2.45, 2.75) is 6.54 Å². The molecule has 3 rings (SSSR count). The smallest absolute Gasteiger partial charge is 0.246 e. The number of H-pyrrole nitrogens is 1. The molecule has 0 spiro atoms. The molecule has 0 unspecified atom stereocenters. The Morgan fingerprint density at radius 2 is 2.00 bits per heavy atom. The van der Waals surface area contributed by atoms with E-state index >= 15 is 0 Å². The minimum Gasteiger partial charge on any atom is -0.491 e. The number of carbonyl (C=O) groups excluding carboxylic acids is 1. The first kappa shape index (κ1) is 19.1. The number of nitrogens with one attached hydrogen (secondary N) is 2. The molecule has 0 saturated heterocycles. The van der Waals surface area contributed by atoms with E-state index in [0.717, 1.165) is 17.0 Å². The molecule has 0 radical (unpaired) electrons. The number of aromatic nitrogens is 2. The highest BCUT2D eigenvalue weighted by atomic mass is 16.5. The van der Waals surface area contributed by atoms with Crippen molar-refractivity contribution < 1.29 is 14.3 Å². The molecular formula is C21H20N4O3. The van der Waals surface area contributed by atoms with Crippen LogP contribution in [0, 0.1) is 11.3 Å². The molecule has 1 aromatic heterocycles. The van der Waals surface area contributed by atoms with Crippen LogP contribution in [0.5, 0.6) is 5.75 Å². The Hall–Kier alpha value is -3.63. The number of ether oxygens (including phenoxy) is 2. The molecule has 142 valence electrons. The van der Waals surface area contributed by atoms with Crippen LogP contribution in [0.1, 0.15) is 11.4 Å². The molecule has 0 atom stereocenters. The maximum atomic E-state index is 11.9. The van der Waals surface area contributed by atoms with E-state index in [1.165, 1.54) is 0 Å². The van der Waals surface area contributed by atoms with Crippen LogP contribution >= 0.6 is 0 Å². The van der Waals surface area contributed by atoms with Gasteiger partial charge in [-0.2, -0.15) is 5.26 Å². The average Bonchev–Trinajstić information content (AvgIpc) is 3.22. The Morgan fingerprint density at radius 1 is 1.14 bits per heavy atom. The largest absolute Gasteiger partial charge is 0.491 e. The third kappa shape index (κ3) is 5.69. The second-order valence-electron chi connectivity index (χ2n) is 5.93. The molecule has 3 aromatic rings. The third-order valence-corrected chi connectivity index (χ3v) is 3.86. The van der Waals surface area contributed by atoms with Gasteiger partial charge in [-0.25, -0.2) is 4.98 Å². The van der Waals surface area contributed by atoms with Crippen molar-refractivity contribution in [1.82, 2.24) is 15.3 Å². The zero-order chi connectivity index (χ0) is 19.6. The van der Waals surface area contributed by atoms with Crippen molar-refractivity contribution in [3.05, 3.63) is 72.2 Å². The summed E-state index contributed by atoms with van der Waals surface area (Å²) in [6.45, 7) is 0.916. The average molecular weight is 376 g/mol. The Balaban J connectivity index is 1.37. The van der Waals surface area contributed by atoms with Crippen molar-refractivity contribution in [2.75, 3.05) is 19.8 Å². The molecule has 7 heteroatoms. The Kier molecular flexibility index (Phi) is 6.77. The van der Waals surface area contributed by atoms with Gasteiger partial charge in [0, 0.05) is 5.56 Å². The Labute approximate surface area is 162 Å². The lowest BCUT2D eigenvalue weighted by Gasteiger charge is -2.07. The SMILES string of the molecule is N#Cc1cccc(-c2cnc(CNC(=O)COCCOc3ccccc3)[nH]2)c1. The lowest BCUT2D eigenvalue weighted by atomic mass is 10.1. The van der Waals surface area contributed by atoms with Gasteiger partial charge in [-0.15, -0.1) is 0 Å². The van der Waals surface area contributed by atoms with Gasteiger partial charge in [0.1, 0.15) is 24.8 Å². The highest BCUT2D eigenvalue weighted by Crippen LogP contribution is 2.18. The summed E-state index contributed by atoms with van der Waals surface area (Å²) < 4.78 is 10.8.